The summed E-state index contributed by atoms with van der Waals surface area (Å²) in [7, 11) is 0. The third-order valence-corrected chi connectivity index (χ3v) is 3.05. The van der Waals surface area contributed by atoms with E-state index in [-0.39, 0.29) is 5.91 Å². The van der Waals surface area contributed by atoms with E-state index in [1.54, 1.807) is 6.07 Å². The molecule has 88 valence electrons. The van der Waals surface area contributed by atoms with Crippen molar-refractivity contribution in [2.24, 2.45) is 0 Å². The number of hydrogen-bond acceptors (Lipinski definition) is 4. The van der Waals surface area contributed by atoms with Gasteiger partial charge >= 0.3 is 0 Å². The second-order valence-corrected chi connectivity index (χ2v) is 4.30. The predicted octanol–water partition coefficient (Wildman–Crippen LogP) is 1.40. The molecule has 6 heteroatoms. The fraction of sp³-hybridized carbons (Fsp3) is 0.400. The van der Waals surface area contributed by atoms with E-state index >= 15 is 0 Å². The number of hydroxylamine groups is 1. The van der Waals surface area contributed by atoms with Crippen LogP contribution < -0.4 is 10.8 Å². The Hall–Kier alpha value is -1.40. The van der Waals surface area contributed by atoms with E-state index in [1.807, 2.05) is 6.92 Å². The van der Waals surface area contributed by atoms with Crippen LogP contribution in [0.2, 0.25) is 0 Å². The standard InChI is InChI=1S/C10H14N2O3S/c1-2-3-6-11-9(13)7-4-5-8(16-7)10(14)12-15/h4-5,15H,2-3,6H2,1H3,(H,11,13)(H,12,14). The van der Waals surface area contributed by atoms with Gasteiger partial charge in [-0.15, -0.1) is 11.3 Å². The van der Waals surface area contributed by atoms with E-state index in [9.17, 15) is 9.59 Å². The maximum absolute atomic E-state index is 11.5. The normalized spacial score (nSPS) is 9.88. The third-order valence-electron chi connectivity index (χ3n) is 1.97. The molecule has 0 atom stereocenters. The molecule has 0 spiro atoms. The van der Waals surface area contributed by atoms with Gasteiger partial charge in [0.1, 0.15) is 0 Å². The number of unbranched alkanes of at least 4 members (excludes halogenated alkanes) is 1. The topological polar surface area (TPSA) is 78.4 Å². The number of carbonyl (C=O) groups excluding carboxylic acids is 2. The van der Waals surface area contributed by atoms with Gasteiger partial charge in [-0.1, -0.05) is 13.3 Å². The zero-order chi connectivity index (χ0) is 12.0. The van der Waals surface area contributed by atoms with Crippen LogP contribution in [0.25, 0.3) is 0 Å². The summed E-state index contributed by atoms with van der Waals surface area (Å²) >= 11 is 1.05. The fourth-order valence-electron chi connectivity index (χ4n) is 1.10. The first-order valence-corrected chi connectivity index (χ1v) is 5.83. The number of hydrogen-bond donors (Lipinski definition) is 3. The van der Waals surface area contributed by atoms with Crippen LogP contribution in [0.3, 0.4) is 0 Å². The van der Waals surface area contributed by atoms with E-state index in [4.69, 9.17) is 5.21 Å². The van der Waals surface area contributed by atoms with Crippen LogP contribution in [0.15, 0.2) is 12.1 Å². The summed E-state index contributed by atoms with van der Waals surface area (Å²) in [4.78, 5) is 23.4. The Bertz CT molecular complexity index is 376. The van der Waals surface area contributed by atoms with Crippen molar-refractivity contribution < 1.29 is 14.8 Å². The predicted molar refractivity (Wildman–Crippen MR) is 60.8 cm³/mol. The van der Waals surface area contributed by atoms with Crippen molar-refractivity contribution in [2.45, 2.75) is 19.8 Å². The second-order valence-electron chi connectivity index (χ2n) is 3.21. The highest BCUT2D eigenvalue weighted by Gasteiger charge is 2.12. The average molecular weight is 242 g/mol. The Balaban J connectivity index is 2.56. The summed E-state index contributed by atoms with van der Waals surface area (Å²) in [6, 6.07) is 3.07. The molecule has 0 aromatic carbocycles. The third kappa shape index (κ3) is 3.32. The number of nitrogens with one attached hydrogen (secondary N) is 2. The Morgan fingerprint density at radius 3 is 2.50 bits per heavy atom. The van der Waals surface area contributed by atoms with Crippen molar-refractivity contribution in [1.29, 1.82) is 0 Å². The van der Waals surface area contributed by atoms with E-state index in [2.05, 4.69) is 5.32 Å². The lowest BCUT2D eigenvalue weighted by Gasteiger charge is -2.00. The van der Waals surface area contributed by atoms with Gasteiger partial charge < -0.3 is 5.32 Å². The number of rotatable bonds is 5. The molecule has 0 bridgehead atoms. The number of thiophene rings is 1. The van der Waals surface area contributed by atoms with Crippen LogP contribution in [0.4, 0.5) is 0 Å². The van der Waals surface area contributed by atoms with E-state index in [0.717, 1.165) is 24.2 Å². The lowest BCUT2D eigenvalue weighted by molar-refractivity contribution is 0.0711. The van der Waals surface area contributed by atoms with Gasteiger partial charge in [-0.25, -0.2) is 5.48 Å². The molecular weight excluding hydrogens is 228 g/mol. The van der Waals surface area contributed by atoms with Gasteiger partial charge in [-0.3, -0.25) is 14.8 Å². The molecule has 0 aliphatic heterocycles. The van der Waals surface area contributed by atoms with Crippen molar-refractivity contribution in [2.75, 3.05) is 6.54 Å². The highest BCUT2D eigenvalue weighted by molar-refractivity contribution is 7.15. The molecule has 1 rings (SSSR count). The van der Waals surface area contributed by atoms with Gasteiger partial charge in [0.25, 0.3) is 11.8 Å². The summed E-state index contributed by atoms with van der Waals surface area (Å²) in [6.07, 6.45) is 1.95. The summed E-state index contributed by atoms with van der Waals surface area (Å²) in [5.41, 5.74) is 1.53. The molecule has 0 saturated heterocycles. The summed E-state index contributed by atoms with van der Waals surface area (Å²) in [6.45, 7) is 2.68. The van der Waals surface area contributed by atoms with Gasteiger partial charge in [0, 0.05) is 6.54 Å². The first-order chi connectivity index (χ1) is 7.69. The molecule has 5 nitrogen and oxygen atoms in total. The lowest BCUT2D eigenvalue weighted by Crippen LogP contribution is -2.23. The molecule has 0 radical (unpaired) electrons. The van der Waals surface area contributed by atoms with Gasteiger partial charge in [0.15, 0.2) is 0 Å². The van der Waals surface area contributed by atoms with Crippen molar-refractivity contribution in [3.05, 3.63) is 21.9 Å². The van der Waals surface area contributed by atoms with Crippen molar-refractivity contribution in [3.63, 3.8) is 0 Å². The minimum Gasteiger partial charge on any atom is -0.351 e. The molecule has 1 heterocycles. The van der Waals surface area contributed by atoms with Crippen LogP contribution in [0.1, 0.15) is 39.1 Å². The van der Waals surface area contributed by atoms with Crippen LogP contribution in [-0.2, 0) is 0 Å². The number of amides is 2. The molecule has 0 aliphatic rings. The second kappa shape index (κ2) is 6.24. The van der Waals surface area contributed by atoms with Gasteiger partial charge in [0.05, 0.1) is 9.75 Å². The lowest BCUT2D eigenvalue weighted by atomic mass is 10.3. The Labute approximate surface area is 97.4 Å². The first kappa shape index (κ1) is 12.7. The minimum atomic E-state index is -0.599. The Kier molecular flexibility index (Phi) is 4.94. The van der Waals surface area contributed by atoms with E-state index in [0.29, 0.717) is 16.3 Å². The maximum atomic E-state index is 11.5. The molecule has 1 aromatic heterocycles. The Morgan fingerprint density at radius 2 is 1.94 bits per heavy atom. The van der Waals surface area contributed by atoms with Crippen LogP contribution >= 0.6 is 11.3 Å². The van der Waals surface area contributed by atoms with Crippen molar-refractivity contribution in [3.8, 4) is 0 Å². The quantitative estimate of drug-likeness (QED) is 0.415. The molecule has 16 heavy (non-hydrogen) atoms. The minimum absolute atomic E-state index is 0.185. The van der Waals surface area contributed by atoms with Gasteiger partial charge in [-0.05, 0) is 18.6 Å². The zero-order valence-electron chi connectivity index (χ0n) is 8.95. The van der Waals surface area contributed by atoms with Gasteiger partial charge in [-0.2, -0.15) is 0 Å². The summed E-state index contributed by atoms with van der Waals surface area (Å²) < 4.78 is 0. The number of carbonyl (C=O) groups is 2. The SMILES string of the molecule is CCCCNC(=O)c1ccc(C(=O)NO)s1. The summed E-state index contributed by atoms with van der Waals surface area (Å²) in [5.74, 6) is -0.784. The van der Waals surface area contributed by atoms with E-state index in [1.165, 1.54) is 11.5 Å². The van der Waals surface area contributed by atoms with Crippen LogP contribution in [-0.4, -0.2) is 23.6 Å². The highest BCUT2D eigenvalue weighted by Crippen LogP contribution is 2.16. The molecule has 2 amide bonds. The fourth-order valence-corrected chi connectivity index (χ4v) is 1.92. The average Bonchev–Trinajstić information content (AvgIpc) is 2.77. The molecule has 1 aromatic rings. The monoisotopic (exact) mass is 242 g/mol. The van der Waals surface area contributed by atoms with Crippen molar-refractivity contribution in [1.82, 2.24) is 10.8 Å². The zero-order valence-corrected chi connectivity index (χ0v) is 9.76. The van der Waals surface area contributed by atoms with Crippen LogP contribution in [0, 0.1) is 0 Å². The smallest absolute Gasteiger partial charge is 0.284 e. The molecule has 0 saturated carbocycles. The molecule has 0 fully saturated rings. The van der Waals surface area contributed by atoms with Crippen molar-refractivity contribution >= 4 is 23.2 Å². The maximum Gasteiger partial charge on any atom is 0.284 e. The van der Waals surface area contributed by atoms with Gasteiger partial charge in [0.2, 0.25) is 0 Å². The molecule has 0 aliphatic carbocycles. The Morgan fingerprint density at radius 1 is 1.31 bits per heavy atom. The largest absolute Gasteiger partial charge is 0.351 e. The first-order valence-electron chi connectivity index (χ1n) is 5.01. The van der Waals surface area contributed by atoms with E-state index < -0.39 is 5.91 Å². The summed E-state index contributed by atoms with van der Waals surface area (Å²) in [5, 5.41) is 11.2. The molecular formula is C10H14N2O3S. The molecule has 3 N–H and O–H groups in total. The van der Waals surface area contributed by atoms with Crippen LogP contribution in [0.5, 0.6) is 0 Å². The highest BCUT2D eigenvalue weighted by atomic mass is 32.1. The molecule has 0 unspecified atom stereocenters.